The second-order valence-electron chi connectivity index (χ2n) is 16.7. The number of hydrogen-bond acceptors (Lipinski definition) is 6. The Morgan fingerprint density at radius 3 is 2.54 bits per heavy atom. The van der Waals surface area contributed by atoms with E-state index >= 15 is 0 Å². The number of ether oxygens (including phenoxy) is 1. The zero-order valence-corrected chi connectivity index (χ0v) is 31.6. The molecule has 6 atom stereocenters. The molecule has 2 heterocycles. The maximum Gasteiger partial charge on any atom is 0.264 e. The molecule has 10 heteroatoms. The Balaban J connectivity index is 1.30. The summed E-state index contributed by atoms with van der Waals surface area (Å²) in [6, 6.07) is 11.7. The van der Waals surface area contributed by atoms with Crippen LogP contribution in [0.4, 0.5) is 5.69 Å². The van der Waals surface area contributed by atoms with E-state index < -0.39 is 24.2 Å². The van der Waals surface area contributed by atoms with E-state index in [0.29, 0.717) is 24.0 Å². The monoisotopic (exact) mass is 710 g/mol. The van der Waals surface area contributed by atoms with E-state index in [1.165, 1.54) is 11.1 Å². The van der Waals surface area contributed by atoms with Crippen LogP contribution in [-0.2, 0) is 26.3 Å². The number of carbonyl (C=O) groups excluding carboxylic acids is 1. The van der Waals surface area contributed by atoms with Gasteiger partial charge in [0.05, 0.1) is 24.2 Å². The number of allylic oxidation sites excluding steroid dienone is 1. The van der Waals surface area contributed by atoms with Crippen LogP contribution < -0.4 is 14.4 Å². The average Bonchev–Trinajstić information content (AvgIpc) is 3.13. The molecule has 260 valence electrons. The van der Waals surface area contributed by atoms with Crippen molar-refractivity contribution in [3.8, 4) is 5.75 Å². The van der Waals surface area contributed by atoms with Crippen molar-refractivity contribution in [3.05, 3.63) is 70.3 Å². The van der Waals surface area contributed by atoms with E-state index in [1.807, 2.05) is 18.2 Å². The lowest BCUT2D eigenvalue weighted by Crippen LogP contribution is -2.52. The Kier molecular flexibility index (Phi) is 8.86. The van der Waals surface area contributed by atoms with Crippen LogP contribution in [-0.4, -0.2) is 54.2 Å². The maximum absolute atomic E-state index is 13.5. The van der Waals surface area contributed by atoms with E-state index in [4.69, 9.17) is 20.8 Å². The van der Waals surface area contributed by atoms with Gasteiger partial charge in [-0.25, -0.2) is 13.1 Å². The van der Waals surface area contributed by atoms with Gasteiger partial charge in [-0.3, -0.25) is 4.79 Å². The van der Waals surface area contributed by atoms with Crippen molar-refractivity contribution in [1.29, 1.82) is 0 Å². The van der Waals surface area contributed by atoms with Gasteiger partial charge >= 0.3 is 0 Å². The minimum Gasteiger partial charge on any atom is -0.490 e. The van der Waals surface area contributed by atoms with Crippen LogP contribution in [0.1, 0.15) is 80.8 Å². The molecule has 1 spiro atoms. The molecule has 7 nitrogen and oxygen atoms in total. The molecule has 7 rings (SSSR count). The molecule has 1 N–H and O–H groups in total. The van der Waals surface area contributed by atoms with Crippen molar-refractivity contribution in [3.63, 3.8) is 0 Å². The van der Waals surface area contributed by atoms with Crippen LogP contribution in [0.2, 0.25) is 23.2 Å². The van der Waals surface area contributed by atoms with Gasteiger partial charge in [0, 0.05) is 29.1 Å². The lowest BCUT2D eigenvalue weighted by molar-refractivity contribution is 0.0519. The lowest BCUT2D eigenvalue weighted by atomic mass is 9.68. The van der Waals surface area contributed by atoms with Gasteiger partial charge < -0.3 is 14.1 Å². The Morgan fingerprint density at radius 1 is 1.04 bits per heavy atom. The van der Waals surface area contributed by atoms with Crippen LogP contribution in [0.15, 0.2) is 48.6 Å². The Morgan fingerprint density at radius 2 is 1.83 bits per heavy atom. The molecule has 1 amide bonds. The van der Waals surface area contributed by atoms with Crippen molar-refractivity contribution in [2.75, 3.05) is 30.3 Å². The number of nitrogens with one attached hydrogen (secondary N) is 1. The SMILES string of the molecule is CC(C)(C)[Si](C)(C)O[C@H]1/C=C\[C@@H]2CC[C@H]2CS(=O)(=O)NC(=O)c2ccc3c(c2)N(C[C@@H]2CC[C@H]21)C[C@@]1(CCCc2cc(Cl)ccc21)CO3. The molecule has 2 aromatic carbocycles. The first kappa shape index (κ1) is 34.1. The third kappa shape index (κ3) is 6.49. The molecule has 2 bridgehead atoms. The highest BCUT2D eigenvalue weighted by Crippen LogP contribution is 2.48. The first-order valence-corrected chi connectivity index (χ1v) is 22.8. The number of halogens is 1. The zero-order valence-electron chi connectivity index (χ0n) is 29.1. The van der Waals surface area contributed by atoms with Gasteiger partial charge in [-0.05, 0) is 128 Å². The van der Waals surface area contributed by atoms with Crippen molar-refractivity contribution in [2.45, 2.75) is 95.4 Å². The number of fused-ring (bicyclic) bond motifs is 5. The molecular formula is C38H51ClN2O5SSi. The zero-order chi connectivity index (χ0) is 34.1. The Bertz CT molecular complexity index is 1720. The Hall–Kier alpha value is -2.33. The number of aryl methyl sites for hydroxylation is 1. The molecule has 2 aliphatic heterocycles. The van der Waals surface area contributed by atoms with Crippen LogP contribution in [0, 0.1) is 23.7 Å². The van der Waals surface area contributed by atoms with Crippen LogP contribution in [0.25, 0.3) is 0 Å². The van der Waals surface area contributed by atoms with Crippen molar-refractivity contribution < 1.29 is 22.4 Å². The summed E-state index contributed by atoms with van der Waals surface area (Å²) in [5.74, 6) is 1.02. The molecule has 3 aliphatic carbocycles. The predicted molar refractivity (Wildman–Crippen MR) is 195 cm³/mol. The standard InChI is InChI=1S/C38H51ClN2O5SSi/c1-37(2,3)48(4,5)46-34-16-11-25-8-9-29(25)22-47(43,44)40-36(42)27-12-17-35-33(20-27)41(21-28-10-14-31(28)34)23-38(24-45-35)18-6-7-26-19-30(39)13-15-32(26)38/h11-13,15-17,19-20,25,28-29,31,34H,6-10,14,18,21-24H2,1-5H3,(H,40,42)/b16-11-/t25-,28-,29-,31+,34-,38-/m0/s1. The molecular weight excluding hydrogens is 660 g/mol. The number of anilines is 1. The Labute approximate surface area is 293 Å². The largest absolute Gasteiger partial charge is 0.490 e. The average molecular weight is 711 g/mol. The normalized spacial score (nSPS) is 32.2. The van der Waals surface area contributed by atoms with Gasteiger partial charge in [0.25, 0.3) is 5.91 Å². The highest BCUT2D eigenvalue weighted by molar-refractivity contribution is 7.90. The second kappa shape index (κ2) is 12.5. The summed E-state index contributed by atoms with van der Waals surface area (Å²) in [5, 5.41) is 0.826. The molecule has 0 aromatic heterocycles. The summed E-state index contributed by atoms with van der Waals surface area (Å²) in [6.07, 6.45) is 11.6. The molecule has 2 aromatic rings. The number of amides is 1. The highest BCUT2D eigenvalue weighted by atomic mass is 35.5. The van der Waals surface area contributed by atoms with Gasteiger partial charge in [0.2, 0.25) is 10.0 Å². The third-order valence-corrected chi connectivity index (χ3v) is 18.7. The van der Waals surface area contributed by atoms with Gasteiger partial charge in [-0.1, -0.05) is 50.6 Å². The topological polar surface area (TPSA) is 84.9 Å². The second-order valence-corrected chi connectivity index (χ2v) is 23.7. The number of nitrogens with zero attached hydrogens (tertiary/aromatic N) is 1. The van der Waals surface area contributed by atoms with E-state index in [1.54, 1.807) is 6.07 Å². The summed E-state index contributed by atoms with van der Waals surface area (Å²) in [7, 11) is -5.92. The summed E-state index contributed by atoms with van der Waals surface area (Å²) in [6.45, 7) is 13.6. The summed E-state index contributed by atoms with van der Waals surface area (Å²) in [4.78, 5) is 15.9. The van der Waals surface area contributed by atoms with Gasteiger partial charge in [0.15, 0.2) is 8.32 Å². The molecule has 0 radical (unpaired) electrons. The predicted octanol–water partition coefficient (Wildman–Crippen LogP) is 7.89. The molecule has 0 saturated heterocycles. The lowest BCUT2D eigenvalue weighted by Gasteiger charge is -2.48. The van der Waals surface area contributed by atoms with Crippen molar-refractivity contribution >= 4 is 41.5 Å². The number of hydrogen-bond donors (Lipinski definition) is 1. The quantitative estimate of drug-likeness (QED) is 0.252. The number of benzene rings is 2. The smallest absolute Gasteiger partial charge is 0.264 e. The molecule has 0 unspecified atom stereocenters. The first-order chi connectivity index (χ1) is 22.6. The number of rotatable bonds is 2. The highest BCUT2D eigenvalue weighted by Gasteiger charge is 2.47. The summed E-state index contributed by atoms with van der Waals surface area (Å²) < 4.78 is 42.9. The summed E-state index contributed by atoms with van der Waals surface area (Å²) >= 11 is 6.47. The minimum absolute atomic E-state index is 0.00876. The van der Waals surface area contributed by atoms with Crippen LogP contribution in [0.3, 0.4) is 0 Å². The molecule has 2 saturated carbocycles. The number of sulfonamides is 1. The van der Waals surface area contributed by atoms with Crippen molar-refractivity contribution in [1.82, 2.24) is 4.72 Å². The third-order valence-electron chi connectivity index (χ3n) is 12.6. The van der Waals surface area contributed by atoms with E-state index in [2.05, 4.69) is 67.8 Å². The molecule has 48 heavy (non-hydrogen) atoms. The first-order valence-electron chi connectivity index (χ1n) is 17.8. The van der Waals surface area contributed by atoms with Crippen LogP contribution in [0.5, 0.6) is 5.75 Å². The van der Waals surface area contributed by atoms with Gasteiger partial charge in [-0.2, -0.15) is 0 Å². The molecule has 5 aliphatic rings. The maximum atomic E-state index is 13.5. The fraction of sp³-hybridized carbons (Fsp3) is 0.605. The van der Waals surface area contributed by atoms with Gasteiger partial charge in [-0.15, -0.1) is 0 Å². The number of carbonyl (C=O) groups is 1. The minimum atomic E-state index is -3.82. The fourth-order valence-corrected chi connectivity index (χ4v) is 11.4. The van der Waals surface area contributed by atoms with E-state index in [-0.39, 0.29) is 34.1 Å². The van der Waals surface area contributed by atoms with E-state index in [9.17, 15) is 13.2 Å². The van der Waals surface area contributed by atoms with E-state index in [0.717, 1.165) is 74.5 Å². The molecule has 2 fully saturated rings. The van der Waals surface area contributed by atoms with Crippen LogP contribution >= 0.6 is 11.6 Å². The fourth-order valence-electron chi connectivity index (χ4n) is 8.41. The summed E-state index contributed by atoms with van der Waals surface area (Å²) in [5.41, 5.74) is 3.53. The van der Waals surface area contributed by atoms with Gasteiger partial charge in [0.1, 0.15) is 5.75 Å². The van der Waals surface area contributed by atoms with Crippen molar-refractivity contribution in [2.24, 2.45) is 23.7 Å².